The lowest BCUT2D eigenvalue weighted by Crippen LogP contribution is -2.40. The number of sulfonamides is 1. The molecular formula is C16H20N2O5S2. The number of rotatable bonds is 5. The number of hydrogen-bond acceptors (Lipinski definition) is 7. The van der Waals surface area contributed by atoms with Crippen LogP contribution in [0.1, 0.15) is 25.5 Å². The van der Waals surface area contributed by atoms with Gasteiger partial charge in [-0.15, -0.1) is 11.3 Å². The van der Waals surface area contributed by atoms with Crippen molar-refractivity contribution in [2.24, 2.45) is 5.92 Å². The summed E-state index contributed by atoms with van der Waals surface area (Å²) in [7, 11) is -3.57. The van der Waals surface area contributed by atoms with Gasteiger partial charge in [0.2, 0.25) is 0 Å². The van der Waals surface area contributed by atoms with Gasteiger partial charge < -0.3 is 9.26 Å². The van der Waals surface area contributed by atoms with Crippen LogP contribution in [0.25, 0.3) is 11.3 Å². The molecule has 1 saturated heterocycles. The predicted molar refractivity (Wildman–Crippen MR) is 92.7 cm³/mol. The Morgan fingerprint density at radius 1 is 1.40 bits per heavy atom. The molecule has 0 unspecified atom stereocenters. The van der Waals surface area contributed by atoms with Crippen molar-refractivity contribution in [3.05, 3.63) is 23.2 Å². The van der Waals surface area contributed by atoms with Crippen molar-refractivity contribution in [3.63, 3.8) is 0 Å². The van der Waals surface area contributed by atoms with Gasteiger partial charge in [0, 0.05) is 30.1 Å². The van der Waals surface area contributed by atoms with Crippen LogP contribution >= 0.6 is 11.3 Å². The normalized spacial score (nSPS) is 16.9. The Bertz CT molecular complexity index is 848. The van der Waals surface area contributed by atoms with Crippen LogP contribution in [0.15, 0.2) is 26.2 Å². The topological polar surface area (TPSA) is 89.7 Å². The first kappa shape index (κ1) is 18.1. The molecule has 0 radical (unpaired) electrons. The molecule has 0 aliphatic carbocycles. The van der Waals surface area contributed by atoms with Crippen LogP contribution in [0.5, 0.6) is 0 Å². The zero-order chi connectivity index (χ0) is 18.0. The lowest BCUT2D eigenvalue weighted by molar-refractivity contribution is -0.149. The molecule has 0 N–H and O–H groups in total. The molecule has 1 aliphatic heterocycles. The van der Waals surface area contributed by atoms with Crippen molar-refractivity contribution in [2.75, 3.05) is 19.7 Å². The van der Waals surface area contributed by atoms with E-state index in [1.807, 2.05) is 6.92 Å². The summed E-state index contributed by atoms with van der Waals surface area (Å²) >= 11 is 1.16. The summed E-state index contributed by atoms with van der Waals surface area (Å²) < 4.78 is 37.5. The monoisotopic (exact) mass is 384 g/mol. The van der Waals surface area contributed by atoms with Crippen molar-refractivity contribution in [3.8, 4) is 11.3 Å². The quantitative estimate of drug-likeness (QED) is 0.736. The van der Waals surface area contributed by atoms with E-state index in [1.54, 1.807) is 24.4 Å². The maximum absolute atomic E-state index is 12.8. The zero-order valence-electron chi connectivity index (χ0n) is 14.1. The van der Waals surface area contributed by atoms with Gasteiger partial charge in [-0.25, -0.2) is 8.42 Å². The molecule has 0 saturated carbocycles. The third-order valence-corrected chi connectivity index (χ3v) is 7.47. The molecule has 25 heavy (non-hydrogen) atoms. The second-order valence-corrected chi connectivity index (χ2v) is 8.99. The minimum atomic E-state index is -3.57. The fourth-order valence-corrected chi connectivity index (χ4v) is 5.59. The second-order valence-electron chi connectivity index (χ2n) is 5.92. The largest absolute Gasteiger partial charge is 0.466 e. The summed E-state index contributed by atoms with van der Waals surface area (Å²) in [6, 6.07) is 3.38. The Labute approximate surface area is 150 Å². The minimum Gasteiger partial charge on any atom is -0.466 e. The maximum Gasteiger partial charge on any atom is 0.309 e. The number of aromatic nitrogens is 1. The van der Waals surface area contributed by atoms with E-state index in [2.05, 4.69) is 5.16 Å². The number of carbonyl (C=O) groups is 1. The number of aryl methyl sites for hydroxylation is 1. The van der Waals surface area contributed by atoms with Gasteiger partial charge in [0.25, 0.3) is 10.0 Å². The number of hydrogen-bond donors (Lipinski definition) is 0. The number of carbonyl (C=O) groups excluding carboxylic acids is 1. The molecule has 2 aromatic rings. The molecule has 0 amide bonds. The lowest BCUT2D eigenvalue weighted by atomic mass is 9.98. The highest BCUT2D eigenvalue weighted by Crippen LogP contribution is 2.32. The first-order valence-electron chi connectivity index (χ1n) is 8.11. The highest BCUT2D eigenvalue weighted by atomic mass is 32.2. The first-order chi connectivity index (χ1) is 11.9. The van der Waals surface area contributed by atoms with Crippen LogP contribution in [0.4, 0.5) is 0 Å². The summed E-state index contributed by atoms with van der Waals surface area (Å²) in [5, 5.41) is 5.57. The number of esters is 1. The van der Waals surface area contributed by atoms with E-state index >= 15 is 0 Å². The molecule has 136 valence electrons. The molecule has 0 atom stereocenters. The van der Waals surface area contributed by atoms with Crippen molar-refractivity contribution >= 4 is 27.3 Å². The van der Waals surface area contributed by atoms with Gasteiger partial charge in [-0.05, 0) is 32.8 Å². The summed E-state index contributed by atoms with van der Waals surface area (Å²) in [5.41, 5.74) is 1.44. The van der Waals surface area contributed by atoms with E-state index in [0.717, 1.165) is 17.0 Å². The first-order valence-corrected chi connectivity index (χ1v) is 10.4. The molecule has 3 rings (SSSR count). The van der Waals surface area contributed by atoms with Crippen molar-refractivity contribution < 1.29 is 22.5 Å². The van der Waals surface area contributed by atoms with E-state index in [9.17, 15) is 13.2 Å². The minimum absolute atomic E-state index is 0.220. The molecule has 9 heteroatoms. The van der Waals surface area contributed by atoms with Crippen LogP contribution in [-0.4, -0.2) is 43.5 Å². The van der Waals surface area contributed by atoms with Gasteiger partial charge in [-0.1, -0.05) is 5.16 Å². The third kappa shape index (κ3) is 3.78. The molecule has 1 fully saturated rings. The van der Waals surface area contributed by atoms with Crippen molar-refractivity contribution in [1.82, 2.24) is 9.46 Å². The van der Waals surface area contributed by atoms with Crippen LogP contribution in [-0.2, 0) is 19.6 Å². The molecule has 2 aromatic heterocycles. The van der Waals surface area contributed by atoms with E-state index < -0.39 is 10.0 Å². The van der Waals surface area contributed by atoms with Crippen LogP contribution in [0.2, 0.25) is 0 Å². The Balaban J connectivity index is 1.71. The van der Waals surface area contributed by atoms with Crippen LogP contribution < -0.4 is 0 Å². The van der Waals surface area contributed by atoms with E-state index in [4.69, 9.17) is 9.26 Å². The lowest BCUT2D eigenvalue weighted by Gasteiger charge is -2.29. The molecular weight excluding hydrogens is 364 g/mol. The Morgan fingerprint density at radius 2 is 2.12 bits per heavy atom. The number of ether oxygens (including phenoxy) is 1. The van der Waals surface area contributed by atoms with Gasteiger partial charge in [-0.3, -0.25) is 4.79 Å². The van der Waals surface area contributed by atoms with Gasteiger partial charge in [0.05, 0.1) is 18.2 Å². The summed E-state index contributed by atoms with van der Waals surface area (Å²) in [5.74, 6) is 0.0948. The predicted octanol–water partition coefficient (Wildman–Crippen LogP) is 2.68. The molecule has 7 nitrogen and oxygen atoms in total. The van der Waals surface area contributed by atoms with Crippen molar-refractivity contribution in [2.45, 2.75) is 30.9 Å². The Morgan fingerprint density at radius 3 is 2.72 bits per heavy atom. The van der Waals surface area contributed by atoms with E-state index in [-0.39, 0.29) is 16.1 Å². The van der Waals surface area contributed by atoms with Crippen LogP contribution in [0.3, 0.4) is 0 Å². The molecule has 0 aromatic carbocycles. The Kier molecular flexibility index (Phi) is 5.26. The molecule has 0 bridgehead atoms. The van der Waals surface area contributed by atoms with Crippen LogP contribution in [0, 0.1) is 12.8 Å². The van der Waals surface area contributed by atoms with E-state index in [1.165, 1.54) is 4.31 Å². The standard InChI is InChI=1S/C16H20N2O5S2/c1-3-22-16(19)12-4-6-18(7-5-12)25(20,21)15-9-13(10-24-15)14-8-11(2)17-23-14/h8-10,12H,3-7H2,1-2H3. The SMILES string of the molecule is CCOC(=O)C1CCN(S(=O)(=O)c2cc(-c3cc(C)no3)cs2)CC1. The average molecular weight is 384 g/mol. The molecule has 1 aliphatic rings. The highest BCUT2D eigenvalue weighted by Gasteiger charge is 2.33. The fourth-order valence-electron chi connectivity index (χ4n) is 2.80. The molecule has 0 spiro atoms. The number of piperidine rings is 1. The second kappa shape index (κ2) is 7.27. The summed E-state index contributed by atoms with van der Waals surface area (Å²) in [6.07, 6.45) is 0.967. The number of thiophene rings is 1. The summed E-state index contributed by atoms with van der Waals surface area (Å²) in [4.78, 5) is 11.8. The smallest absolute Gasteiger partial charge is 0.309 e. The fraction of sp³-hybridized carbons (Fsp3) is 0.500. The van der Waals surface area contributed by atoms with Gasteiger partial charge >= 0.3 is 5.97 Å². The highest BCUT2D eigenvalue weighted by molar-refractivity contribution is 7.91. The zero-order valence-corrected chi connectivity index (χ0v) is 15.7. The van der Waals surface area contributed by atoms with Gasteiger partial charge in [0.1, 0.15) is 4.21 Å². The van der Waals surface area contributed by atoms with Gasteiger partial charge in [0.15, 0.2) is 5.76 Å². The third-order valence-electron chi connectivity index (χ3n) is 4.16. The van der Waals surface area contributed by atoms with E-state index in [0.29, 0.717) is 43.9 Å². The van der Waals surface area contributed by atoms with Crippen molar-refractivity contribution in [1.29, 1.82) is 0 Å². The summed E-state index contributed by atoms with van der Waals surface area (Å²) in [6.45, 7) is 4.56. The van der Waals surface area contributed by atoms with Gasteiger partial charge in [-0.2, -0.15) is 4.31 Å². The number of nitrogens with zero attached hydrogens (tertiary/aromatic N) is 2. The Hall–Kier alpha value is -1.71. The maximum atomic E-state index is 12.8. The molecule has 3 heterocycles. The average Bonchev–Trinajstić information content (AvgIpc) is 3.24.